The van der Waals surface area contributed by atoms with Gasteiger partial charge in [-0.3, -0.25) is 0 Å². The van der Waals surface area contributed by atoms with Crippen LogP contribution in [0.1, 0.15) is 28.1 Å². The van der Waals surface area contributed by atoms with Crippen molar-refractivity contribution in [3.63, 3.8) is 0 Å². The number of methoxy groups -OCH3 is 1. The van der Waals surface area contributed by atoms with E-state index in [2.05, 4.69) is 24.6 Å². The van der Waals surface area contributed by atoms with E-state index >= 15 is 13.2 Å². The minimum Gasteiger partial charge on any atom is -0.361 e. The molecule has 0 aliphatic carbocycles. The van der Waals surface area contributed by atoms with Crippen molar-refractivity contribution in [2.45, 2.75) is 67.8 Å². The van der Waals surface area contributed by atoms with Crippen LogP contribution in [0, 0.1) is 25.2 Å². The Hall–Kier alpha value is -3.61. The van der Waals surface area contributed by atoms with E-state index in [4.69, 9.17) is 9.47 Å². The number of aromatic nitrogens is 3. The molecule has 1 unspecified atom stereocenters. The second kappa shape index (κ2) is 13.0. The predicted octanol–water partition coefficient (Wildman–Crippen LogP) is 8.20. The Balaban J connectivity index is 1.85. The van der Waals surface area contributed by atoms with Gasteiger partial charge in [-0.05, 0) is 74.2 Å². The number of hydrogen-bond donors (Lipinski definition) is 0. The molecule has 2 heterocycles. The van der Waals surface area contributed by atoms with E-state index in [1.54, 1.807) is 31.4 Å². The van der Waals surface area contributed by atoms with Crippen LogP contribution in [0.2, 0.25) is 25.7 Å². The average Bonchev–Trinajstić information content (AvgIpc) is 3.63. The summed E-state index contributed by atoms with van der Waals surface area (Å²) in [6.45, 7) is 10.1. The van der Waals surface area contributed by atoms with E-state index < -0.39 is 35.7 Å². The van der Waals surface area contributed by atoms with E-state index in [-0.39, 0.29) is 49.6 Å². The van der Waals surface area contributed by atoms with Crippen LogP contribution in [0.4, 0.5) is 13.2 Å². The smallest absolute Gasteiger partial charge is 0.361 e. The molecule has 1 atom stereocenters. The Kier molecular flexibility index (Phi) is 9.68. The largest absolute Gasteiger partial charge is 0.429 e. The van der Waals surface area contributed by atoms with Crippen molar-refractivity contribution >= 4 is 51.8 Å². The molecule has 8 nitrogen and oxygen atoms in total. The summed E-state index contributed by atoms with van der Waals surface area (Å²) in [5.41, 5.74) is -1.31. The fraction of sp³-hybridized carbons (Fsp3) is 0.353. The molecule has 0 spiro atoms. The number of nitrogens with zero attached hydrogens (tertiary/aromatic N) is 4. The van der Waals surface area contributed by atoms with Gasteiger partial charge in [0.05, 0.1) is 33.1 Å². The zero-order valence-corrected chi connectivity index (χ0v) is 30.4. The molecule has 0 aliphatic rings. The highest BCUT2D eigenvalue weighted by molar-refractivity contribution is 7.98. The molecule has 0 N–H and O–H groups in total. The standard InChI is InChI=1S/C34H37F3N4O4S2Si/c1-22-8-11-25(12-9-22)47(42,43)41-15-14-26-30(29(46-4)18-23(2)31(26)41)33(44-3,34(35,36)37)32-39-27-13-10-24(20-38)19-28(27)40(32)21-45-16-17-48(5,6)7/h8-15,18-19H,16-17,21H2,1-7H3. The Morgan fingerprint density at radius 3 is 2.31 bits per heavy atom. The fourth-order valence-electron chi connectivity index (χ4n) is 5.84. The zero-order valence-electron chi connectivity index (χ0n) is 27.8. The number of ether oxygens (including phenoxy) is 2. The molecule has 0 fully saturated rings. The van der Waals surface area contributed by atoms with Crippen molar-refractivity contribution in [1.82, 2.24) is 13.5 Å². The molecule has 48 heavy (non-hydrogen) atoms. The molecule has 0 amide bonds. The first-order valence-electron chi connectivity index (χ1n) is 15.1. The number of rotatable bonds is 11. The van der Waals surface area contributed by atoms with E-state index in [9.17, 15) is 13.7 Å². The Morgan fingerprint density at radius 2 is 1.73 bits per heavy atom. The summed E-state index contributed by atoms with van der Waals surface area (Å²) in [4.78, 5) is 4.76. The summed E-state index contributed by atoms with van der Waals surface area (Å²) in [5, 5.41) is 9.67. The third kappa shape index (κ3) is 6.18. The first-order chi connectivity index (χ1) is 22.5. The van der Waals surface area contributed by atoms with Gasteiger partial charge in [0.25, 0.3) is 10.0 Å². The summed E-state index contributed by atoms with van der Waals surface area (Å²) < 4.78 is 89.9. The van der Waals surface area contributed by atoms with Crippen molar-refractivity contribution in [3.05, 3.63) is 88.9 Å². The highest BCUT2D eigenvalue weighted by Crippen LogP contribution is 2.52. The molecule has 3 aromatic carbocycles. The van der Waals surface area contributed by atoms with Gasteiger partial charge < -0.3 is 14.0 Å². The van der Waals surface area contributed by atoms with Crippen molar-refractivity contribution in [2.75, 3.05) is 20.0 Å². The second-order valence-electron chi connectivity index (χ2n) is 12.9. The maximum absolute atomic E-state index is 16.0. The fourth-order valence-corrected chi connectivity index (χ4v) is 8.76. The summed E-state index contributed by atoms with van der Waals surface area (Å²) >= 11 is 1.09. The Bertz CT molecular complexity index is 2150. The highest BCUT2D eigenvalue weighted by atomic mass is 32.2. The lowest BCUT2D eigenvalue weighted by Crippen LogP contribution is -2.48. The molecule has 254 valence electrons. The van der Waals surface area contributed by atoms with Gasteiger partial charge in [0.15, 0.2) is 5.82 Å². The number of nitriles is 1. The number of hydrogen-bond acceptors (Lipinski definition) is 7. The summed E-state index contributed by atoms with van der Waals surface area (Å²) in [6.07, 6.45) is -2.16. The number of thioether (sulfide) groups is 1. The van der Waals surface area contributed by atoms with Crippen molar-refractivity contribution in [3.8, 4) is 6.07 Å². The number of benzene rings is 3. The van der Waals surface area contributed by atoms with Crippen LogP contribution in [0.5, 0.6) is 0 Å². The third-order valence-corrected chi connectivity index (χ3v) is 12.5. The van der Waals surface area contributed by atoms with Gasteiger partial charge in [-0.25, -0.2) is 17.4 Å². The minimum absolute atomic E-state index is 0.000115. The molecule has 0 saturated heterocycles. The van der Waals surface area contributed by atoms with Crippen molar-refractivity contribution in [2.24, 2.45) is 0 Å². The minimum atomic E-state index is -5.10. The lowest BCUT2D eigenvalue weighted by atomic mass is 9.87. The Morgan fingerprint density at radius 1 is 1.04 bits per heavy atom. The van der Waals surface area contributed by atoms with Crippen LogP contribution in [-0.4, -0.2) is 56.2 Å². The van der Waals surface area contributed by atoms with Crippen LogP contribution in [0.3, 0.4) is 0 Å². The summed E-state index contributed by atoms with van der Waals surface area (Å²) in [7, 11) is -4.75. The van der Waals surface area contributed by atoms with E-state index in [0.29, 0.717) is 12.2 Å². The molecule has 5 aromatic rings. The van der Waals surface area contributed by atoms with E-state index in [0.717, 1.165) is 34.5 Å². The zero-order chi connectivity index (χ0) is 35.2. The van der Waals surface area contributed by atoms with Crippen LogP contribution < -0.4 is 0 Å². The lowest BCUT2D eigenvalue weighted by molar-refractivity contribution is -0.262. The quantitative estimate of drug-likeness (QED) is 0.0773. The molecular formula is C34H37F3N4O4S2Si. The van der Waals surface area contributed by atoms with Crippen LogP contribution >= 0.6 is 11.8 Å². The first-order valence-corrected chi connectivity index (χ1v) is 21.5. The van der Waals surface area contributed by atoms with Gasteiger partial charge in [0, 0.05) is 43.8 Å². The molecule has 0 aliphatic heterocycles. The molecule has 5 rings (SSSR count). The van der Waals surface area contributed by atoms with Crippen LogP contribution in [-0.2, 0) is 31.8 Å². The third-order valence-electron chi connectivity index (χ3n) is 8.35. The van der Waals surface area contributed by atoms with Gasteiger partial charge in [0.2, 0.25) is 5.60 Å². The van der Waals surface area contributed by atoms with Gasteiger partial charge in [0.1, 0.15) is 6.73 Å². The van der Waals surface area contributed by atoms with Gasteiger partial charge in [-0.2, -0.15) is 18.4 Å². The predicted molar refractivity (Wildman–Crippen MR) is 185 cm³/mol. The molecule has 0 saturated carbocycles. The van der Waals surface area contributed by atoms with E-state index in [1.807, 2.05) is 13.0 Å². The van der Waals surface area contributed by atoms with Crippen LogP contribution in [0.15, 0.2) is 70.6 Å². The summed E-state index contributed by atoms with van der Waals surface area (Å²) in [5.74, 6) is -0.495. The van der Waals surface area contributed by atoms with Gasteiger partial charge in [-0.1, -0.05) is 37.3 Å². The maximum Gasteiger partial charge on any atom is 0.429 e. The maximum atomic E-state index is 16.0. The topological polar surface area (TPSA) is 99.1 Å². The summed E-state index contributed by atoms with van der Waals surface area (Å²) in [6, 6.07) is 16.5. The van der Waals surface area contributed by atoms with Crippen LogP contribution in [0.25, 0.3) is 21.9 Å². The van der Waals surface area contributed by atoms with Gasteiger partial charge in [-0.15, -0.1) is 11.8 Å². The first kappa shape index (κ1) is 35.7. The van der Waals surface area contributed by atoms with Crippen molar-refractivity contribution < 1.29 is 31.1 Å². The molecule has 0 bridgehead atoms. The van der Waals surface area contributed by atoms with E-state index in [1.165, 1.54) is 47.2 Å². The number of imidazole rings is 1. The average molecular weight is 715 g/mol. The lowest BCUT2D eigenvalue weighted by Gasteiger charge is -2.36. The normalized spacial score (nSPS) is 14.0. The Labute approximate surface area is 283 Å². The molecule has 2 aromatic heterocycles. The number of aryl methyl sites for hydroxylation is 2. The highest BCUT2D eigenvalue weighted by Gasteiger charge is 2.63. The number of fused-ring (bicyclic) bond motifs is 2. The molecule has 14 heteroatoms. The SMILES string of the molecule is COC(c1c(SC)cc(C)c2c1ccn2S(=O)(=O)c1ccc(C)cc1)(c1nc2ccc(C#N)cc2n1COCC[Si](C)(C)C)C(F)(F)F. The number of halogens is 3. The molecular weight excluding hydrogens is 678 g/mol. The molecule has 0 radical (unpaired) electrons. The van der Waals surface area contributed by atoms with Crippen molar-refractivity contribution in [1.29, 1.82) is 5.26 Å². The monoisotopic (exact) mass is 714 g/mol. The van der Waals surface area contributed by atoms with Gasteiger partial charge >= 0.3 is 6.18 Å². The second-order valence-corrected chi connectivity index (χ2v) is 21.2. The number of alkyl halides is 3.